The first-order chi connectivity index (χ1) is 6.89. The van der Waals surface area contributed by atoms with Gasteiger partial charge in [-0.2, -0.15) is 0 Å². The van der Waals surface area contributed by atoms with Crippen molar-refractivity contribution in [3.63, 3.8) is 0 Å². The summed E-state index contributed by atoms with van der Waals surface area (Å²) in [7, 11) is 0. The van der Waals surface area contributed by atoms with Crippen molar-refractivity contribution in [2.24, 2.45) is 11.3 Å². The molecule has 0 atom stereocenters. The fourth-order valence-corrected chi connectivity index (χ4v) is 1.48. The van der Waals surface area contributed by atoms with Gasteiger partial charge in [0.25, 0.3) is 0 Å². The summed E-state index contributed by atoms with van der Waals surface area (Å²) in [5.74, 6) is -2.88. The molecule has 0 bridgehead atoms. The average molecular weight is 245 g/mol. The fraction of sp³-hybridized carbons (Fsp3) is 0.818. The molecule has 0 saturated carbocycles. The summed E-state index contributed by atoms with van der Waals surface area (Å²) in [6.07, 6.45) is 0.728. The summed E-state index contributed by atoms with van der Waals surface area (Å²) in [6, 6.07) is 0. The summed E-state index contributed by atoms with van der Waals surface area (Å²) in [5.41, 5.74) is -1.62. The normalized spacial score (nSPS) is 9.88. The number of carbonyl (C=O) groups is 2. The van der Waals surface area contributed by atoms with Crippen molar-refractivity contribution in [2.75, 3.05) is 0 Å². The zero-order valence-electron chi connectivity index (χ0n) is 12.9. The summed E-state index contributed by atoms with van der Waals surface area (Å²) in [4.78, 5) is 21.8. The summed E-state index contributed by atoms with van der Waals surface area (Å²) in [5, 5.41) is 17.8. The molecule has 16 heavy (non-hydrogen) atoms. The Hall–Kier alpha value is -0.294. The minimum atomic E-state index is -1.62. The molecule has 0 unspecified atom stereocenters. The Bertz CT molecular complexity index is 209. The first-order valence-electron chi connectivity index (χ1n) is 5.36. The maximum Gasteiger partial charge on any atom is 2.00 e. The van der Waals surface area contributed by atoms with Gasteiger partial charge in [-0.15, -0.1) is 0 Å². The van der Waals surface area contributed by atoms with E-state index in [1.807, 2.05) is 13.8 Å². The Balaban J connectivity index is -0.000000107. The third-order valence-corrected chi connectivity index (χ3v) is 2.39. The van der Waals surface area contributed by atoms with E-state index >= 15 is 0 Å². The van der Waals surface area contributed by atoms with Crippen molar-refractivity contribution in [3.05, 3.63) is 0 Å². The third-order valence-electron chi connectivity index (χ3n) is 2.39. The Morgan fingerprint density at radius 2 is 1.50 bits per heavy atom. The zero-order valence-corrected chi connectivity index (χ0v) is 12.3. The first-order valence-corrected chi connectivity index (χ1v) is 5.36. The molecule has 5 heteroatoms. The van der Waals surface area contributed by atoms with Crippen molar-refractivity contribution >= 4 is 35.0 Å². The molecule has 2 N–H and O–H groups in total. The van der Waals surface area contributed by atoms with Crippen LogP contribution in [0, 0.1) is 11.3 Å². The molecule has 4 nitrogen and oxygen atoms in total. The van der Waals surface area contributed by atoms with Crippen LogP contribution in [-0.2, 0) is 9.59 Å². The molecular formula is C11H24MgO4. The molecule has 0 rings (SSSR count). The summed E-state index contributed by atoms with van der Waals surface area (Å²) >= 11 is 0. The van der Waals surface area contributed by atoms with E-state index in [1.165, 1.54) is 0 Å². The van der Waals surface area contributed by atoms with Gasteiger partial charge in [-0.25, -0.2) is 0 Å². The van der Waals surface area contributed by atoms with Crippen LogP contribution < -0.4 is 0 Å². The molecule has 0 aromatic carbocycles. The van der Waals surface area contributed by atoms with Crippen LogP contribution in [0.5, 0.6) is 0 Å². The largest absolute Gasteiger partial charge is 2.00 e. The van der Waals surface area contributed by atoms with Crippen molar-refractivity contribution in [1.82, 2.24) is 0 Å². The number of rotatable bonds is 5. The van der Waals surface area contributed by atoms with Crippen molar-refractivity contribution in [3.8, 4) is 0 Å². The van der Waals surface area contributed by atoms with Gasteiger partial charge in [0.2, 0.25) is 0 Å². The Morgan fingerprint density at radius 1 is 1.19 bits per heavy atom. The van der Waals surface area contributed by atoms with Gasteiger partial charge >= 0.3 is 35.0 Å². The van der Waals surface area contributed by atoms with Gasteiger partial charge in [0.1, 0.15) is 0 Å². The van der Waals surface area contributed by atoms with E-state index in [-0.39, 0.29) is 32.3 Å². The number of carboxylic acid groups (broad SMARTS) is 2. The molecule has 0 fully saturated rings. The van der Waals surface area contributed by atoms with Crippen LogP contribution in [0.1, 0.15) is 50.3 Å². The van der Waals surface area contributed by atoms with Gasteiger partial charge in [0.15, 0.2) is 5.41 Å². The molecule has 94 valence electrons. The van der Waals surface area contributed by atoms with Crippen LogP contribution in [0.25, 0.3) is 0 Å². The minimum Gasteiger partial charge on any atom is -1.00 e. The van der Waals surface area contributed by atoms with E-state index in [2.05, 4.69) is 0 Å². The van der Waals surface area contributed by atoms with E-state index in [1.54, 1.807) is 20.8 Å². The fourth-order valence-electron chi connectivity index (χ4n) is 1.48. The Kier molecular flexibility index (Phi) is 13.0. The van der Waals surface area contributed by atoms with Gasteiger partial charge in [-0.1, -0.05) is 41.0 Å². The molecule has 0 aromatic rings. The van der Waals surface area contributed by atoms with Gasteiger partial charge < -0.3 is 13.1 Å². The van der Waals surface area contributed by atoms with Crippen LogP contribution in [0.4, 0.5) is 0 Å². The van der Waals surface area contributed by atoms with Crippen LogP contribution in [0.3, 0.4) is 0 Å². The Labute approximate surface area is 117 Å². The molecule has 0 amide bonds. The van der Waals surface area contributed by atoms with Crippen molar-refractivity contribution in [2.45, 2.75) is 47.5 Å². The SMILES string of the molecule is CC.CCCC(C(=O)O)(C(=O)O)C(C)C.[H-].[H-].[Mg+2]. The zero-order chi connectivity index (χ0) is 12.6. The standard InChI is InChI=1S/C9H16O4.C2H6.Mg.2H/c1-4-5-9(6(2)3,7(10)11)8(12)13;1-2;;;/h6H,4-5H2,1-3H3,(H,10,11)(H,12,13);1-2H3;;;/q;;+2;2*-1. The Morgan fingerprint density at radius 3 is 1.56 bits per heavy atom. The van der Waals surface area contributed by atoms with E-state index in [4.69, 9.17) is 10.2 Å². The second kappa shape index (κ2) is 9.90. The van der Waals surface area contributed by atoms with Gasteiger partial charge in [0, 0.05) is 0 Å². The van der Waals surface area contributed by atoms with Crippen LogP contribution in [-0.4, -0.2) is 45.2 Å². The van der Waals surface area contributed by atoms with E-state index in [9.17, 15) is 9.59 Å². The maximum atomic E-state index is 10.9. The van der Waals surface area contributed by atoms with Crippen LogP contribution in [0.15, 0.2) is 0 Å². The molecule has 0 spiro atoms. The van der Waals surface area contributed by atoms with E-state index in [0.29, 0.717) is 6.42 Å². The molecule has 0 aromatic heterocycles. The molecule has 0 aliphatic rings. The molecular weight excluding hydrogens is 220 g/mol. The molecule has 0 saturated heterocycles. The monoisotopic (exact) mass is 244 g/mol. The smallest absolute Gasteiger partial charge is 1.00 e. The molecule has 0 aliphatic carbocycles. The second-order valence-corrected chi connectivity index (χ2v) is 3.49. The van der Waals surface area contributed by atoms with Gasteiger partial charge in [-0.05, 0) is 12.3 Å². The summed E-state index contributed by atoms with van der Waals surface area (Å²) < 4.78 is 0. The van der Waals surface area contributed by atoms with Crippen LogP contribution >= 0.6 is 0 Å². The third kappa shape index (κ3) is 4.70. The van der Waals surface area contributed by atoms with Crippen LogP contribution in [0.2, 0.25) is 0 Å². The molecule has 0 radical (unpaired) electrons. The predicted molar refractivity (Wildman–Crippen MR) is 66.8 cm³/mol. The van der Waals surface area contributed by atoms with E-state index < -0.39 is 23.3 Å². The predicted octanol–water partition coefficient (Wildman–Crippen LogP) is 2.47. The van der Waals surface area contributed by atoms with Crippen molar-refractivity contribution < 1.29 is 22.7 Å². The van der Waals surface area contributed by atoms with E-state index in [0.717, 1.165) is 0 Å². The molecule has 0 aliphatic heterocycles. The quantitative estimate of drug-likeness (QED) is 0.575. The average Bonchev–Trinajstić information content (AvgIpc) is 2.15. The minimum absolute atomic E-state index is 0. The van der Waals surface area contributed by atoms with Gasteiger partial charge in [0.05, 0.1) is 0 Å². The second-order valence-electron chi connectivity index (χ2n) is 3.49. The summed E-state index contributed by atoms with van der Waals surface area (Å²) in [6.45, 7) is 9.03. The number of aliphatic carboxylic acids is 2. The van der Waals surface area contributed by atoms with Crippen molar-refractivity contribution in [1.29, 1.82) is 0 Å². The molecule has 0 heterocycles. The topological polar surface area (TPSA) is 74.6 Å². The first kappa shape index (κ1) is 21.0. The van der Waals surface area contributed by atoms with Gasteiger partial charge in [-0.3, -0.25) is 9.59 Å². The number of carboxylic acids is 2. The maximum absolute atomic E-state index is 10.9. The number of hydrogen-bond acceptors (Lipinski definition) is 2. The number of hydrogen-bond donors (Lipinski definition) is 2.